The van der Waals surface area contributed by atoms with Crippen LogP contribution < -0.4 is 5.32 Å². The second-order valence-electron chi connectivity index (χ2n) is 10.00. The highest BCUT2D eigenvalue weighted by atomic mass is 35.5. The summed E-state index contributed by atoms with van der Waals surface area (Å²) in [6.07, 6.45) is 5.65. The molecule has 212 valence electrons. The van der Waals surface area contributed by atoms with Gasteiger partial charge in [-0.05, 0) is 48.2 Å². The van der Waals surface area contributed by atoms with Crippen LogP contribution in [0.3, 0.4) is 0 Å². The SMILES string of the molecule is O=C(NC1CCCCC1)[C@H](Cc1ccccc1)N(Cc1c(Cl)cccc1Cl)C(=O)CSCc1ccc(Cl)cc1Cl. The smallest absolute Gasteiger partial charge is 0.243 e. The summed E-state index contributed by atoms with van der Waals surface area (Å²) in [6, 6.07) is 19.7. The first-order valence-corrected chi connectivity index (χ1v) is 16.1. The fraction of sp³-hybridized carbons (Fsp3) is 0.355. The Balaban J connectivity index is 1.60. The molecule has 0 aliphatic heterocycles. The number of thioether (sulfide) groups is 1. The number of hydrogen-bond donors (Lipinski definition) is 1. The van der Waals surface area contributed by atoms with E-state index in [1.54, 1.807) is 35.2 Å². The van der Waals surface area contributed by atoms with Gasteiger partial charge in [-0.3, -0.25) is 9.59 Å². The minimum Gasteiger partial charge on any atom is -0.352 e. The average Bonchev–Trinajstić information content (AvgIpc) is 2.94. The molecule has 0 unspecified atom stereocenters. The Kier molecular flexibility index (Phi) is 11.9. The highest BCUT2D eigenvalue weighted by Gasteiger charge is 2.32. The molecule has 4 rings (SSSR count). The summed E-state index contributed by atoms with van der Waals surface area (Å²) in [5.41, 5.74) is 2.48. The van der Waals surface area contributed by atoms with Gasteiger partial charge in [-0.1, -0.05) is 108 Å². The molecule has 1 aliphatic rings. The van der Waals surface area contributed by atoms with Crippen LogP contribution in [0, 0.1) is 0 Å². The lowest BCUT2D eigenvalue weighted by Gasteiger charge is -2.34. The molecule has 3 aromatic carbocycles. The zero-order chi connectivity index (χ0) is 28.5. The monoisotopic (exact) mass is 636 g/mol. The van der Waals surface area contributed by atoms with Gasteiger partial charge in [0, 0.05) is 50.4 Å². The van der Waals surface area contributed by atoms with E-state index in [1.165, 1.54) is 18.2 Å². The maximum absolute atomic E-state index is 13.9. The first-order chi connectivity index (χ1) is 19.3. The molecule has 1 fully saturated rings. The number of carbonyl (C=O) groups is 2. The summed E-state index contributed by atoms with van der Waals surface area (Å²) in [5, 5.41) is 5.28. The minimum absolute atomic E-state index is 0.113. The van der Waals surface area contributed by atoms with Crippen molar-refractivity contribution < 1.29 is 9.59 Å². The molecule has 9 heteroatoms. The Morgan fingerprint density at radius 1 is 0.875 bits per heavy atom. The molecule has 40 heavy (non-hydrogen) atoms. The van der Waals surface area contributed by atoms with Crippen molar-refractivity contribution >= 4 is 70.0 Å². The largest absolute Gasteiger partial charge is 0.352 e. The maximum atomic E-state index is 13.9. The number of amides is 2. The van der Waals surface area contributed by atoms with E-state index in [0.29, 0.717) is 37.8 Å². The number of carbonyl (C=O) groups excluding carboxylic acids is 2. The molecule has 0 spiro atoms. The molecule has 1 N–H and O–H groups in total. The van der Waals surface area contributed by atoms with Crippen molar-refractivity contribution in [1.29, 1.82) is 0 Å². The minimum atomic E-state index is -0.733. The molecular formula is C31H32Cl4N2O2S. The van der Waals surface area contributed by atoms with E-state index < -0.39 is 6.04 Å². The zero-order valence-corrected chi connectivity index (χ0v) is 25.9. The number of benzene rings is 3. The van der Waals surface area contributed by atoms with E-state index in [4.69, 9.17) is 46.4 Å². The molecule has 1 saturated carbocycles. The topological polar surface area (TPSA) is 49.4 Å². The standard InChI is InChI=1S/C31H32Cl4N2O2S/c32-23-15-14-22(28(35)17-23)19-40-20-30(38)37(18-25-26(33)12-7-13-27(25)34)29(16-21-8-3-1-4-9-21)31(39)36-24-10-5-2-6-11-24/h1,3-4,7-9,12-15,17,24,29H,2,5-6,10-11,16,18-20H2,(H,36,39)/t29-/m0/s1. The average molecular weight is 638 g/mol. The predicted octanol–water partition coefficient (Wildman–Crippen LogP) is 8.62. The molecule has 0 aromatic heterocycles. The van der Waals surface area contributed by atoms with E-state index in [-0.39, 0.29) is 30.2 Å². The van der Waals surface area contributed by atoms with Gasteiger partial charge in [-0.25, -0.2) is 0 Å². The summed E-state index contributed by atoms with van der Waals surface area (Å²) in [4.78, 5) is 29.4. The third-order valence-corrected chi connectivity index (χ3v) is 9.37. The molecule has 2 amide bonds. The summed E-state index contributed by atoms with van der Waals surface area (Å²) < 4.78 is 0. The van der Waals surface area contributed by atoms with Crippen LogP contribution in [0.5, 0.6) is 0 Å². The van der Waals surface area contributed by atoms with Gasteiger partial charge in [0.15, 0.2) is 0 Å². The summed E-state index contributed by atoms with van der Waals surface area (Å²) in [5.74, 6) is 0.354. The van der Waals surface area contributed by atoms with Crippen LogP contribution in [0.25, 0.3) is 0 Å². The zero-order valence-electron chi connectivity index (χ0n) is 22.1. The predicted molar refractivity (Wildman–Crippen MR) is 169 cm³/mol. The highest BCUT2D eigenvalue weighted by molar-refractivity contribution is 7.99. The maximum Gasteiger partial charge on any atom is 0.243 e. The molecule has 1 aliphatic carbocycles. The van der Waals surface area contributed by atoms with Crippen LogP contribution in [-0.2, 0) is 28.3 Å². The van der Waals surface area contributed by atoms with E-state index in [2.05, 4.69) is 5.32 Å². The number of nitrogens with zero attached hydrogens (tertiary/aromatic N) is 1. The number of nitrogens with one attached hydrogen (secondary N) is 1. The van der Waals surface area contributed by atoms with Gasteiger partial charge in [0.1, 0.15) is 6.04 Å². The van der Waals surface area contributed by atoms with Gasteiger partial charge >= 0.3 is 0 Å². The van der Waals surface area contributed by atoms with Crippen molar-refractivity contribution in [2.75, 3.05) is 5.75 Å². The number of hydrogen-bond acceptors (Lipinski definition) is 3. The summed E-state index contributed by atoms with van der Waals surface area (Å²) in [7, 11) is 0. The van der Waals surface area contributed by atoms with E-state index in [1.807, 2.05) is 36.4 Å². The third kappa shape index (κ3) is 8.80. The highest BCUT2D eigenvalue weighted by Crippen LogP contribution is 2.29. The number of halogens is 4. The Labute approximate surface area is 260 Å². The van der Waals surface area contributed by atoms with Crippen LogP contribution in [0.1, 0.15) is 48.8 Å². The van der Waals surface area contributed by atoms with Crippen LogP contribution in [0.15, 0.2) is 66.7 Å². The van der Waals surface area contributed by atoms with Crippen LogP contribution in [0.2, 0.25) is 20.1 Å². The first kappa shape index (κ1) is 31.1. The Hall–Kier alpha value is -1.89. The lowest BCUT2D eigenvalue weighted by atomic mass is 9.94. The van der Waals surface area contributed by atoms with Crippen molar-refractivity contribution in [2.45, 2.75) is 62.9 Å². The second-order valence-corrected chi connectivity index (χ2v) is 12.6. The lowest BCUT2D eigenvalue weighted by molar-refractivity contribution is -0.139. The quantitative estimate of drug-likeness (QED) is 0.229. The second kappa shape index (κ2) is 15.4. The third-order valence-electron chi connectivity index (χ3n) is 7.11. The molecule has 0 heterocycles. The van der Waals surface area contributed by atoms with Crippen molar-refractivity contribution in [2.24, 2.45) is 0 Å². The van der Waals surface area contributed by atoms with E-state index in [9.17, 15) is 9.59 Å². The van der Waals surface area contributed by atoms with Gasteiger partial charge in [0.2, 0.25) is 11.8 Å². The molecule has 1 atom stereocenters. The van der Waals surface area contributed by atoms with E-state index in [0.717, 1.165) is 36.8 Å². The Bertz CT molecular complexity index is 1280. The first-order valence-electron chi connectivity index (χ1n) is 13.4. The molecule has 0 radical (unpaired) electrons. The van der Waals surface area contributed by atoms with Crippen molar-refractivity contribution in [3.8, 4) is 0 Å². The molecule has 4 nitrogen and oxygen atoms in total. The molecule has 3 aromatic rings. The molecule has 0 saturated heterocycles. The van der Waals surface area contributed by atoms with Gasteiger partial charge in [0.05, 0.1) is 5.75 Å². The summed E-state index contributed by atoms with van der Waals surface area (Å²) in [6.45, 7) is 0.120. The fourth-order valence-corrected chi connectivity index (χ4v) is 6.91. The van der Waals surface area contributed by atoms with Gasteiger partial charge in [-0.15, -0.1) is 11.8 Å². The lowest BCUT2D eigenvalue weighted by Crippen LogP contribution is -2.53. The van der Waals surface area contributed by atoms with Crippen LogP contribution in [-0.4, -0.2) is 34.6 Å². The summed E-state index contributed by atoms with van der Waals surface area (Å²) >= 11 is 26.9. The normalized spacial score (nSPS) is 14.5. The van der Waals surface area contributed by atoms with Gasteiger partial charge in [-0.2, -0.15) is 0 Å². The van der Waals surface area contributed by atoms with Crippen molar-refractivity contribution in [1.82, 2.24) is 10.2 Å². The molecular weight excluding hydrogens is 606 g/mol. The molecule has 0 bridgehead atoms. The van der Waals surface area contributed by atoms with Crippen LogP contribution >= 0.6 is 58.2 Å². The van der Waals surface area contributed by atoms with Crippen LogP contribution in [0.4, 0.5) is 0 Å². The Morgan fingerprint density at radius 2 is 1.57 bits per heavy atom. The van der Waals surface area contributed by atoms with E-state index >= 15 is 0 Å². The van der Waals surface area contributed by atoms with Gasteiger partial charge in [0.25, 0.3) is 0 Å². The number of rotatable bonds is 11. The van der Waals surface area contributed by atoms with Crippen molar-refractivity contribution in [3.05, 3.63) is 104 Å². The Morgan fingerprint density at radius 3 is 2.25 bits per heavy atom. The van der Waals surface area contributed by atoms with Crippen molar-refractivity contribution in [3.63, 3.8) is 0 Å². The van der Waals surface area contributed by atoms with Gasteiger partial charge < -0.3 is 10.2 Å². The fourth-order valence-electron chi connectivity index (χ4n) is 4.92.